The Balaban J connectivity index is 1.12. The zero-order chi connectivity index (χ0) is 32.1. The van der Waals surface area contributed by atoms with Crippen molar-refractivity contribution in [3.63, 3.8) is 0 Å². The molecule has 10 heteroatoms. The Hall–Kier alpha value is -2.72. The van der Waals surface area contributed by atoms with Crippen molar-refractivity contribution in [2.45, 2.75) is 90.7 Å². The number of piperidine rings is 1. The van der Waals surface area contributed by atoms with Crippen molar-refractivity contribution in [2.24, 2.45) is 28.6 Å². The van der Waals surface area contributed by atoms with Crippen LogP contribution in [0.5, 0.6) is 0 Å². The van der Waals surface area contributed by atoms with Gasteiger partial charge in [-0.1, -0.05) is 39.2 Å². The predicted octanol–water partition coefficient (Wildman–Crippen LogP) is 5.09. The number of anilines is 1. The summed E-state index contributed by atoms with van der Waals surface area (Å²) in [6.07, 6.45) is 9.73. The zero-order valence-electron chi connectivity index (χ0n) is 27.8. The quantitative estimate of drug-likeness (QED) is 0.407. The molecule has 7 rings (SSSR count). The lowest BCUT2D eigenvalue weighted by Gasteiger charge is -2.51. The van der Waals surface area contributed by atoms with Gasteiger partial charge in [-0.05, 0) is 68.9 Å². The van der Waals surface area contributed by atoms with E-state index in [0.717, 1.165) is 54.7 Å². The van der Waals surface area contributed by atoms with Crippen LogP contribution < -0.4 is 10.2 Å². The highest BCUT2D eigenvalue weighted by Gasteiger charge is 2.61. The number of likely N-dealkylation sites (tertiary alicyclic amines) is 2. The number of thiazole rings is 1. The van der Waals surface area contributed by atoms with Crippen LogP contribution in [0.15, 0.2) is 23.7 Å². The van der Waals surface area contributed by atoms with Crippen molar-refractivity contribution < 1.29 is 19.1 Å². The first kappa shape index (κ1) is 31.9. The number of hydrogen-bond acceptors (Lipinski definition) is 7. The van der Waals surface area contributed by atoms with E-state index in [1.165, 1.54) is 32.1 Å². The molecule has 4 heterocycles. The monoisotopic (exact) mass is 649 g/mol. The largest absolute Gasteiger partial charge is 0.376 e. The van der Waals surface area contributed by atoms with Gasteiger partial charge in [0.25, 0.3) is 0 Å². The Kier molecular flexibility index (Phi) is 8.80. The summed E-state index contributed by atoms with van der Waals surface area (Å²) in [5, 5.41) is 3.26. The maximum Gasteiger partial charge on any atom is 0.247 e. The van der Waals surface area contributed by atoms with Crippen LogP contribution in [-0.2, 0) is 19.1 Å². The van der Waals surface area contributed by atoms with Crippen LogP contribution in [0.25, 0.3) is 10.2 Å². The first-order chi connectivity index (χ1) is 22.1. The number of nitrogens with one attached hydrogen (secondary N) is 1. The Labute approximate surface area is 277 Å². The van der Waals surface area contributed by atoms with Crippen LogP contribution in [0.3, 0.4) is 0 Å². The average Bonchev–Trinajstić information content (AvgIpc) is 3.38. The third-order valence-electron chi connectivity index (χ3n) is 11.8. The molecule has 2 saturated carbocycles. The van der Waals surface area contributed by atoms with Gasteiger partial charge in [0.1, 0.15) is 11.6 Å². The number of fused-ring (bicyclic) bond motifs is 1. The highest BCUT2D eigenvalue weighted by atomic mass is 32.1. The minimum atomic E-state index is -0.729. The van der Waals surface area contributed by atoms with Gasteiger partial charge in [0, 0.05) is 57.2 Å². The van der Waals surface area contributed by atoms with Crippen molar-refractivity contribution in [2.75, 3.05) is 50.8 Å². The fourth-order valence-electron chi connectivity index (χ4n) is 8.62. The number of rotatable bonds is 9. The third-order valence-corrected chi connectivity index (χ3v) is 12.6. The van der Waals surface area contributed by atoms with Crippen LogP contribution in [-0.4, -0.2) is 90.5 Å². The molecule has 2 aliphatic carbocycles. The number of hydrogen-bond donors (Lipinski definition) is 1. The number of nitrogens with zero attached hydrogens (tertiary/aromatic N) is 4. The van der Waals surface area contributed by atoms with Crippen molar-refractivity contribution >= 4 is 45.0 Å². The van der Waals surface area contributed by atoms with E-state index < -0.39 is 12.1 Å². The molecular weight excluding hydrogens is 598 g/mol. The lowest BCUT2D eigenvalue weighted by molar-refractivity contribution is -0.153. The van der Waals surface area contributed by atoms with Gasteiger partial charge in [-0.3, -0.25) is 14.4 Å². The Bertz CT molecular complexity index is 1440. The summed E-state index contributed by atoms with van der Waals surface area (Å²) in [7, 11) is 0. The smallest absolute Gasteiger partial charge is 0.247 e. The predicted molar refractivity (Wildman–Crippen MR) is 181 cm³/mol. The number of carbonyl (C=O) groups excluding carboxylic acids is 3. The molecule has 9 nitrogen and oxygen atoms in total. The number of ether oxygens (including phenoxy) is 1. The molecule has 2 aromatic rings. The summed E-state index contributed by atoms with van der Waals surface area (Å²) < 4.78 is 7.53. The molecule has 3 aliphatic heterocycles. The molecule has 3 saturated heterocycles. The first-order valence-electron chi connectivity index (χ1n) is 17.7. The minimum Gasteiger partial charge on any atom is -0.376 e. The van der Waals surface area contributed by atoms with E-state index in [0.29, 0.717) is 38.7 Å². The lowest BCUT2D eigenvalue weighted by atomic mass is 9.70. The van der Waals surface area contributed by atoms with Crippen LogP contribution in [0.2, 0.25) is 0 Å². The molecule has 1 N–H and O–H groups in total. The van der Waals surface area contributed by atoms with Crippen LogP contribution in [0.1, 0.15) is 78.6 Å². The van der Waals surface area contributed by atoms with Gasteiger partial charge >= 0.3 is 0 Å². The van der Waals surface area contributed by atoms with Crippen molar-refractivity contribution in [1.82, 2.24) is 20.1 Å². The van der Waals surface area contributed by atoms with E-state index in [9.17, 15) is 14.4 Å². The maximum absolute atomic E-state index is 14.5. The molecule has 1 aromatic carbocycles. The summed E-state index contributed by atoms with van der Waals surface area (Å²) in [6, 6.07) is 5.50. The second-order valence-corrected chi connectivity index (χ2v) is 16.5. The molecular formula is C36H51N5O4S. The lowest BCUT2D eigenvalue weighted by Crippen LogP contribution is -2.65. The van der Waals surface area contributed by atoms with Gasteiger partial charge in [0.15, 0.2) is 0 Å². The van der Waals surface area contributed by atoms with Gasteiger partial charge < -0.3 is 24.8 Å². The number of aromatic nitrogens is 1. The van der Waals surface area contributed by atoms with Gasteiger partial charge in [-0.15, -0.1) is 11.3 Å². The molecule has 1 unspecified atom stereocenters. The first-order valence-corrected chi connectivity index (χ1v) is 18.6. The molecule has 5 fully saturated rings. The number of para-hydroxylation sites is 1. The second-order valence-electron chi connectivity index (χ2n) is 15.6. The van der Waals surface area contributed by atoms with Crippen LogP contribution >= 0.6 is 11.3 Å². The van der Waals surface area contributed by atoms with Gasteiger partial charge in [-0.2, -0.15) is 0 Å². The summed E-state index contributed by atoms with van der Waals surface area (Å²) in [5.41, 5.74) is 3.55. The molecule has 5 aliphatic rings. The molecule has 1 aromatic heterocycles. The molecule has 0 bridgehead atoms. The fourth-order valence-corrected chi connectivity index (χ4v) is 9.32. The van der Waals surface area contributed by atoms with E-state index in [1.54, 1.807) is 11.3 Å². The third kappa shape index (κ3) is 6.16. The number of amides is 3. The molecule has 250 valence electrons. The van der Waals surface area contributed by atoms with Crippen LogP contribution in [0.4, 0.5) is 5.69 Å². The second kappa shape index (κ2) is 12.7. The molecule has 1 spiro atoms. The average molecular weight is 650 g/mol. The topological polar surface area (TPSA) is 95.1 Å². The molecule has 3 amide bonds. The normalized spacial score (nSPS) is 27.0. The maximum atomic E-state index is 14.5. The number of carbonyl (C=O) groups is 3. The van der Waals surface area contributed by atoms with Crippen molar-refractivity contribution in [3.05, 3.63) is 23.7 Å². The van der Waals surface area contributed by atoms with Crippen molar-refractivity contribution in [3.8, 4) is 0 Å². The number of benzene rings is 1. The minimum absolute atomic E-state index is 0.0262. The molecule has 4 atom stereocenters. The summed E-state index contributed by atoms with van der Waals surface area (Å²) in [6.45, 7) is 10.7. The Morgan fingerprint density at radius 3 is 2.43 bits per heavy atom. The zero-order valence-corrected chi connectivity index (χ0v) is 28.7. The fraction of sp³-hybridized carbons (Fsp3) is 0.722. The highest BCUT2D eigenvalue weighted by Crippen LogP contribution is 2.55. The van der Waals surface area contributed by atoms with Gasteiger partial charge in [0.05, 0.1) is 27.9 Å². The van der Waals surface area contributed by atoms with E-state index in [-0.39, 0.29) is 40.4 Å². The molecule has 46 heavy (non-hydrogen) atoms. The Morgan fingerprint density at radius 1 is 1.00 bits per heavy atom. The summed E-state index contributed by atoms with van der Waals surface area (Å²) in [5.74, 6) is 0.328. The van der Waals surface area contributed by atoms with E-state index in [2.05, 4.69) is 47.2 Å². The molecule has 0 radical (unpaired) electrons. The summed E-state index contributed by atoms with van der Waals surface area (Å²) >= 11 is 1.62. The van der Waals surface area contributed by atoms with Crippen LogP contribution in [0, 0.1) is 28.6 Å². The SMILES string of the molecule is C[C@@H](OCC1CCCCC1)[C@H](NC(=O)C1CN(c2cccc3scnc23)CC12CN(C(=O)[C@H]1CC1(C)C)C2)C(=O)N1CCCCC1. The summed E-state index contributed by atoms with van der Waals surface area (Å²) in [4.78, 5) is 52.8. The Morgan fingerprint density at radius 2 is 1.72 bits per heavy atom. The van der Waals surface area contributed by atoms with E-state index in [4.69, 9.17) is 4.74 Å². The van der Waals surface area contributed by atoms with Crippen molar-refractivity contribution in [1.29, 1.82) is 0 Å². The van der Waals surface area contributed by atoms with Gasteiger partial charge in [-0.25, -0.2) is 4.98 Å². The highest BCUT2D eigenvalue weighted by molar-refractivity contribution is 7.16. The van der Waals surface area contributed by atoms with E-state index in [1.807, 2.05) is 22.2 Å². The standard InChI is InChI=1S/C36H51N5O4S/c1-24(45-19-25-11-6-4-7-12-25)30(34(44)39-15-8-5-9-16-39)38-32(42)27-18-40(28-13-10-14-29-31(28)37-23-46-29)20-36(27)21-41(22-36)33(43)26-17-35(26,2)3/h10,13-14,23-27,30H,4-9,11-12,15-22H2,1-3H3,(H,38,42)/t24-,26-,27?,30+/m1/s1. The van der Waals surface area contributed by atoms with Gasteiger partial charge in [0.2, 0.25) is 17.7 Å². The van der Waals surface area contributed by atoms with E-state index >= 15 is 0 Å².